The summed E-state index contributed by atoms with van der Waals surface area (Å²) in [4.78, 5) is 10.5. The molecule has 0 radical (unpaired) electrons. The van der Waals surface area contributed by atoms with Crippen LogP contribution in [-0.4, -0.2) is 23.1 Å². The van der Waals surface area contributed by atoms with Crippen molar-refractivity contribution in [1.29, 1.82) is 0 Å². The zero-order valence-corrected chi connectivity index (χ0v) is 12.1. The molecule has 0 bridgehead atoms. The predicted octanol–water partition coefficient (Wildman–Crippen LogP) is 2.48. The fraction of sp³-hybridized carbons (Fsp3) is 0.333. The van der Waals surface area contributed by atoms with Gasteiger partial charge in [0.1, 0.15) is 12.0 Å². The normalized spacial score (nSPS) is 10.6. The van der Waals surface area contributed by atoms with Crippen LogP contribution in [0.4, 0.5) is 11.5 Å². The van der Waals surface area contributed by atoms with Crippen molar-refractivity contribution in [2.24, 2.45) is 0 Å². The second-order valence-corrected chi connectivity index (χ2v) is 4.83. The van der Waals surface area contributed by atoms with Gasteiger partial charge in [-0.3, -0.25) is 0 Å². The van der Waals surface area contributed by atoms with Crippen molar-refractivity contribution < 1.29 is 4.74 Å². The van der Waals surface area contributed by atoms with E-state index in [2.05, 4.69) is 40.8 Å². The molecule has 106 valence electrons. The molecule has 5 nitrogen and oxygen atoms in total. The maximum Gasteiger partial charge on any atom is 0.242 e. The van der Waals surface area contributed by atoms with E-state index in [0.29, 0.717) is 17.4 Å². The minimum absolute atomic E-state index is 0.261. The van der Waals surface area contributed by atoms with E-state index in [1.165, 1.54) is 11.9 Å². The molecule has 1 aromatic carbocycles. The van der Waals surface area contributed by atoms with E-state index in [1.807, 2.05) is 18.2 Å². The molecule has 2 rings (SSSR count). The van der Waals surface area contributed by atoms with E-state index >= 15 is 0 Å². The van der Waals surface area contributed by atoms with Crippen LogP contribution in [0.3, 0.4) is 0 Å². The molecule has 0 atom stereocenters. The average Bonchev–Trinajstić information content (AvgIpc) is 2.46. The van der Waals surface area contributed by atoms with Crippen molar-refractivity contribution >= 4 is 11.5 Å². The SMILES string of the molecule is COc1ncnc(N(Cc2ccccc2)C(C)C)c1N. The van der Waals surface area contributed by atoms with Crippen molar-refractivity contribution in [2.45, 2.75) is 26.4 Å². The molecule has 0 saturated heterocycles. The van der Waals surface area contributed by atoms with Crippen LogP contribution in [0.5, 0.6) is 5.88 Å². The van der Waals surface area contributed by atoms with Gasteiger partial charge in [-0.05, 0) is 19.4 Å². The standard InChI is InChI=1S/C15H20N4O/c1-11(2)19(9-12-7-5-4-6-8-12)14-13(16)15(20-3)18-10-17-14/h4-8,10-11H,9,16H2,1-3H3. The molecule has 0 aliphatic rings. The Labute approximate surface area is 119 Å². The lowest BCUT2D eigenvalue weighted by molar-refractivity contribution is 0.399. The second kappa shape index (κ2) is 6.23. The van der Waals surface area contributed by atoms with E-state index in [4.69, 9.17) is 10.5 Å². The molecule has 0 fully saturated rings. The van der Waals surface area contributed by atoms with Crippen molar-refractivity contribution in [3.8, 4) is 5.88 Å². The monoisotopic (exact) mass is 272 g/mol. The molecule has 2 N–H and O–H groups in total. The van der Waals surface area contributed by atoms with Crippen LogP contribution < -0.4 is 15.4 Å². The van der Waals surface area contributed by atoms with Crippen LogP contribution in [-0.2, 0) is 6.54 Å². The number of nitrogens with two attached hydrogens (primary N) is 1. The number of hydrogen-bond acceptors (Lipinski definition) is 5. The average molecular weight is 272 g/mol. The molecule has 5 heteroatoms. The highest BCUT2D eigenvalue weighted by atomic mass is 16.5. The first-order valence-corrected chi connectivity index (χ1v) is 6.58. The fourth-order valence-corrected chi connectivity index (χ4v) is 2.04. The van der Waals surface area contributed by atoms with Crippen LogP contribution in [0.1, 0.15) is 19.4 Å². The van der Waals surface area contributed by atoms with Gasteiger partial charge in [0.05, 0.1) is 7.11 Å². The van der Waals surface area contributed by atoms with E-state index in [0.717, 1.165) is 6.54 Å². The van der Waals surface area contributed by atoms with Crippen molar-refractivity contribution in [1.82, 2.24) is 9.97 Å². The highest BCUT2D eigenvalue weighted by Crippen LogP contribution is 2.29. The molecule has 0 unspecified atom stereocenters. The summed E-state index contributed by atoms with van der Waals surface area (Å²) in [7, 11) is 1.55. The highest BCUT2D eigenvalue weighted by Gasteiger charge is 2.18. The molecule has 20 heavy (non-hydrogen) atoms. The molecular weight excluding hydrogens is 252 g/mol. The zero-order valence-electron chi connectivity index (χ0n) is 12.1. The molecular formula is C15H20N4O. The van der Waals surface area contributed by atoms with E-state index in [1.54, 1.807) is 7.11 Å². The predicted molar refractivity (Wildman–Crippen MR) is 80.8 cm³/mol. The van der Waals surface area contributed by atoms with Gasteiger partial charge in [0.25, 0.3) is 0 Å². The van der Waals surface area contributed by atoms with Gasteiger partial charge in [-0.2, -0.15) is 4.98 Å². The summed E-state index contributed by atoms with van der Waals surface area (Å²) in [6.45, 7) is 4.96. The molecule has 0 aliphatic carbocycles. The van der Waals surface area contributed by atoms with Gasteiger partial charge in [0, 0.05) is 12.6 Å². The Kier molecular flexibility index (Phi) is 4.40. The first-order valence-electron chi connectivity index (χ1n) is 6.58. The largest absolute Gasteiger partial charge is 0.479 e. The van der Waals surface area contributed by atoms with Gasteiger partial charge in [-0.25, -0.2) is 4.98 Å². The topological polar surface area (TPSA) is 64.3 Å². The van der Waals surface area contributed by atoms with Crippen molar-refractivity contribution in [3.05, 3.63) is 42.2 Å². The van der Waals surface area contributed by atoms with Gasteiger partial charge in [-0.1, -0.05) is 30.3 Å². The lowest BCUT2D eigenvalue weighted by Crippen LogP contribution is -2.31. The summed E-state index contributed by atoms with van der Waals surface area (Å²) < 4.78 is 5.16. The number of aromatic nitrogens is 2. The Morgan fingerprint density at radius 1 is 1.20 bits per heavy atom. The van der Waals surface area contributed by atoms with Gasteiger partial charge >= 0.3 is 0 Å². The van der Waals surface area contributed by atoms with Gasteiger partial charge in [0.15, 0.2) is 5.82 Å². The van der Waals surface area contributed by atoms with Gasteiger partial charge in [0.2, 0.25) is 5.88 Å². The first-order chi connectivity index (χ1) is 9.63. The quantitative estimate of drug-likeness (QED) is 0.906. The number of hydrogen-bond donors (Lipinski definition) is 1. The Bertz CT molecular complexity index is 557. The van der Waals surface area contributed by atoms with Crippen molar-refractivity contribution in [3.63, 3.8) is 0 Å². The summed E-state index contributed by atoms with van der Waals surface area (Å²) in [5.41, 5.74) is 7.77. The number of methoxy groups -OCH3 is 1. The first kappa shape index (κ1) is 14.1. The summed E-state index contributed by atoms with van der Waals surface area (Å²) in [6.07, 6.45) is 1.48. The molecule has 0 amide bonds. The Balaban J connectivity index is 2.34. The van der Waals surface area contributed by atoms with E-state index in [-0.39, 0.29) is 6.04 Å². The molecule has 0 spiro atoms. The molecule has 1 heterocycles. The lowest BCUT2D eigenvalue weighted by atomic mass is 10.2. The van der Waals surface area contributed by atoms with Crippen LogP contribution in [0.25, 0.3) is 0 Å². The molecule has 2 aromatic rings. The number of ether oxygens (including phenoxy) is 1. The van der Waals surface area contributed by atoms with Crippen molar-refractivity contribution in [2.75, 3.05) is 17.7 Å². The molecule has 0 aliphatic heterocycles. The maximum absolute atomic E-state index is 6.09. The minimum atomic E-state index is 0.261. The van der Waals surface area contributed by atoms with E-state index < -0.39 is 0 Å². The molecule has 1 aromatic heterocycles. The number of benzene rings is 1. The number of anilines is 2. The van der Waals surface area contributed by atoms with Crippen LogP contribution >= 0.6 is 0 Å². The highest BCUT2D eigenvalue weighted by molar-refractivity contribution is 5.68. The summed E-state index contributed by atoms with van der Waals surface area (Å²) in [5.74, 6) is 1.12. The summed E-state index contributed by atoms with van der Waals surface area (Å²) >= 11 is 0. The number of rotatable bonds is 5. The molecule has 0 saturated carbocycles. The zero-order chi connectivity index (χ0) is 14.5. The minimum Gasteiger partial charge on any atom is -0.479 e. The Morgan fingerprint density at radius 2 is 1.90 bits per heavy atom. The van der Waals surface area contributed by atoms with Crippen LogP contribution in [0.2, 0.25) is 0 Å². The Morgan fingerprint density at radius 3 is 2.50 bits per heavy atom. The third-order valence-electron chi connectivity index (χ3n) is 3.11. The van der Waals surface area contributed by atoms with Gasteiger partial charge in [-0.15, -0.1) is 0 Å². The van der Waals surface area contributed by atoms with Gasteiger partial charge < -0.3 is 15.4 Å². The van der Waals surface area contributed by atoms with E-state index in [9.17, 15) is 0 Å². The number of nitrogen functional groups attached to an aromatic ring is 1. The van der Waals surface area contributed by atoms with Crippen LogP contribution in [0, 0.1) is 0 Å². The lowest BCUT2D eigenvalue weighted by Gasteiger charge is -2.29. The summed E-state index contributed by atoms with van der Waals surface area (Å²) in [6, 6.07) is 10.5. The third-order valence-corrected chi connectivity index (χ3v) is 3.11. The third kappa shape index (κ3) is 2.99. The smallest absolute Gasteiger partial charge is 0.242 e. The maximum atomic E-state index is 6.09. The second-order valence-electron chi connectivity index (χ2n) is 4.83. The fourth-order valence-electron chi connectivity index (χ4n) is 2.04. The Hall–Kier alpha value is -2.30. The van der Waals surface area contributed by atoms with Crippen LogP contribution in [0.15, 0.2) is 36.7 Å². The summed E-state index contributed by atoms with van der Waals surface area (Å²) in [5, 5.41) is 0. The number of nitrogens with zero attached hydrogens (tertiary/aromatic N) is 3.